The molecule has 2 rings (SSSR count). The number of halogens is 1. The van der Waals surface area contributed by atoms with Crippen molar-refractivity contribution in [3.05, 3.63) is 34.9 Å². The number of rotatable bonds is 3. The van der Waals surface area contributed by atoms with Crippen molar-refractivity contribution in [1.82, 2.24) is 0 Å². The molecule has 0 radical (unpaired) electrons. The first-order chi connectivity index (χ1) is 7.75. The zero-order chi connectivity index (χ0) is 11.4. The Bertz CT molecular complexity index is 358. The Kier molecular flexibility index (Phi) is 4.13. The molecule has 16 heavy (non-hydrogen) atoms. The van der Waals surface area contributed by atoms with Crippen LogP contribution in [0.4, 0.5) is 0 Å². The topological polar surface area (TPSA) is 26.3 Å². The summed E-state index contributed by atoms with van der Waals surface area (Å²) < 4.78 is 5.25. The zero-order valence-corrected chi connectivity index (χ0v) is 10.4. The minimum Gasteiger partial charge on any atom is -0.461 e. The third-order valence-corrected chi connectivity index (χ3v) is 4.12. The maximum atomic E-state index is 11.6. The number of carbonyl (C=O) groups is 1. The van der Waals surface area contributed by atoms with Crippen molar-refractivity contribution in [3.63, 3.8) is 0 Å². The van der Waals surface area contributed by atoms with E-state index in [1.54, 1.807) is 24.3 Å². The normalized spacial score (nSPS) is 19.7. The number of hydrogen-bond donors (Lipinski definition) is 0. The van der Waals surface area contributed by atoms with Gasteiger partial charge in [0.25, 0.3) is 0 Å². The second-order valence-corrected chi connectivity index (χ2v) is 5.59. The van der Waals surface area contributed by atoms with Crippen molar-refractivity contribution in [2.75, 3.05) is 12.4 Å². The number of benzene rings is 1. The first-order valence-corrected chi connectivity index (χ1v) is 6.72. The first kappa shape index (κ1) is 11.8. The van der Waals surface area contributed by atoms with E-state index >= 15 is 0 Å². The average Bonchev–Trinajstić information content (AvgIpc) is 2.80. The monoisotopic (exact) mass is 256 g/mol. The third kappa shape index (κ3) is 3.16. The summed E-state index contributed by atoms with van der Waals surface area (Å²) in [6, 6.07) is 6.77. The highest BCUT2D eigenvalue weighted by atomic mass is 35.5. The molecule has 1 aliphatic rings. The summed E-state index contributed by atoms with van der Waals surface area (Å²) in [5.74, 6) is 0.924. The molecule has 0 unspecified atom stereocenters. The lowest BCUT2D eigenvalue weighted by molar-refractivity contribution is 0.0506. The van der Waals surface area contributed by atoms with Crippen LogP contribution in [0, 0.1) is 0 Å². The second-order valence-electron chi connectivity index (χ2n) is 3.74. The summed E-state index contributed by atoms with van der Waals surface area (Å²) in [6.45, 7) is 0.520. The molecule has 86 valence electrons. The molecule has 0 bridgehead atoms. The molecule has 0 spiro atoms. The van der Waals surface area contributed by atoms with Crippen LogP contribution in [0.25, 0.3) is 0 Å². The maximum absolute atomic E-state index is 11.6. The zero-order valence-electron chi connectivity index (χ0n) is 8.82. The smallest absolute Gasteiger partial charge is 0.338 e. The van der Waals surface area contributed by atoms with Gasteiger partial charge in [0.05, 0.1) is 5.56 Å². The number of hydrogen-bond acceptors (Lipinski definition) is 3. The van der Waals surface area contributed by atoms with Crippen molar-refractivity contribution < 1.29 is 9.53 Å². The highest BCUT2D eigenvalue weighted by Gasteiger charge is 2.17. The van der Waals surface area contributed by atoms with Crippen LogP contribution in [0.1, 0.15) is 23.2 Å². The van der Waals surface area contributed by atoms with Crippen LogP contribution in [0.15, 0.2) is 24.3 Å². The average molecular weight is 257 g/mol. The SMILES string of the molecule is O=C(OC[C@@H]1CCCS1)c1ccc(Cl)cc1. The van der Waals surface area contributed by atoms with Crippen LogP contribution in [-0.2, 0) is 4.74 Å². The fourth-order valence-electron chi connectivity index (χ4n) is 1.61. The van der Waals surface area contributed by atoms with E-state index in [0.717, 1.165) is 6.42 Å². The summed E-state index contributed by atoms with van der Waals surface area (Å²) in [5, 5.41) is 1.11. The molecule has 0 aromatic heterocycles. The van der Waals surface area contributed by atoms with E-state index in [9.17, 15) is 4.79 Å². The lowest BCUT2D eigenvalue weighted by atomic mass is 10.2. The highest BCUT2D eigenvalue weighted by Crippen LogP contribution is 2.26. The van der Waals surface area contributed by atoms with Crippen LogP contribution < -0.4 is 0 Å². The Labute approximate surface area is 104 Å². The van der Waals surface area contributed by atoms with Gasteiger partial charge in [-0.05, 0) is 42.9 Å². The molecular weight excluding hydrogens is 244 g/mol. The van der Waals surface area contributed by atoms with Gasteiger partial charge in [-0.3, -0.25) is 0 Å². The molecule has 1 fully saturated rings. The number of carbonyl (C=O) groups excluding carboxylic acids is 1. The molecule has 1 atom stereocenters. The van der Waals surface area contributed by atoms with E-state index in [1.165, 1.54) is 12.2 Å². The maximum Gasteiger partial charge on any atom is 0.338 e. The Morgan fingerprint density at radius 2 is 2.19 bits per heavy atom. The molecular formula is C12H13ClO2S. The van der Waals surface area contributed by atoms with E-state index in [2.05, 4.69) is 0 Å². The molecule has 0 aliphatic carbocycles. The Morgan fingerprint density at radius 1 is 1.44 bits per heavy atom. The summed E-state index contributed by atoms with van der Waals surface area (Å²) in [6.07, 6.45) is 2.38. The molecule has 1 aliphatic heterocycles. The Hall–Kier alpha value is -0.670. The van der Waals surface area contributed by atoms with Gasteiger partial charge < -0.3 is 4.74 Å². The predicted molar refractivity (Wildman–Crippen MR) is 67.2 cm³/mol. The van der Waals surface area contributed by atoms with Gasteiger partial charge in [-0.25, -0.2) is 4.79 Å². The Balaban J connectivity index is 1.85. The van der Waals surface area contributed by atoms with E-state index in [4.69, 9.17) is 16.3 Å². The van der Waals surface area contributed by atoms with Gasteiger partial charge in [0.15, 0.2) is 0 Å². The van der Waals surface area contributed by atoms with Crippen molar-refractivity contribution in [1.29, 1.82) is 0 Å². The van der Waals surface area contributed by atoms with E-state index in [1.807, 2.05) is 11.8 Å². The van der Waals surface area contributed by atoms with Crippen molar-refractivity contribution in [2.24, 2.45) is 0 Å². The lowest BCUT2D eigenvalue weighted by Crippen LogP contribution is -2.13. The summed E-state index contributed by atoms with van der Waals surface area (Å²) >= 11 is 7.63. The van der Waals surface area contributed by atoms with Gasteiger partial charge in [-0.2, -0.15) is 11.8 Å². The summed E-state index contributed by atoms with van der Waals surface area (Å²) in [5.41, 5.74) is 0.562. The van der Waals surface area contributed by atoms with Crippen LogP contribution in [0.2, 0.25) is 5.02 Å². The van der Waals surface area contributed by atoms with Gasteiger partial charge >= 0.3 is 5.97 Å². The third-order valence-electron chi connectivity index (χ3n) is 2.50. The second kappa shape index (κ2) is 5.60. The summed E-state index contributed by atoms with van der Waals surface area (Å²) in [7, 11) is 0. The lowest BCUT2D eigenvalue weighted by Gasteiger charge is -2.09. The van der Waals surface area contributed by atoms with Crippen molar-refractivity contribution >= 4 is 29.3 Å². The number of ether oxygens (including phenoxy) is 1. The number of thioether (sulfide) groups is 1. The van der Waals surface area contributed by atoms with Crippen LogP contribution >= 0.6 is 23.4 Å². The van der Waals surface area contributed by atoms with Crippen LogP contribution in [-0.4, -0.2) is 23.6 Å². The molecule has 1 aromatic carbocycles. The van der Waals surface area contributed by atoms with Crippen LogP contribution in [0.5, 0.6) is 0 Å². The highest BCUT2D eigenvalue weighted by molar-refractivity contribution is 8.00. The largest absolute Gasteiger partial charge is 0.461 e. The van der Waals surface area contributed by atoms with E-state index < -0.39 is 0 Å². The van der Waals surface area contributed by atoms with Gasteiger partial charge in [-0.15, -0.1) is 0 Å². The van der Waals surface area contributed by atoms with Gasteiger partial charge in [0.2, 0.25) is 0 Å². The fourth-order valence-corrected chi connectivity index (χ4v) is 2.90. The van der Waals surface area contributed by atoms with Crippen molar-refractivity contribution in [2.45, 2.75) is 18.1 Å². The molecule has 0 N–H and O–H groups in total. The minimum atomic E-state index is -0.260. The standard InChI is InChI=1S/C12H13ClO2S/c13-10-5-3-9(4-6-10)12(14)15-8-11-2-1-7-16-11/h3-6,11H,1-2,7-8H2/t11-/m0/s1. The van der Waals surface area contributed by atoms with Gasteiger partial charge in [0.1, 0.15) is 6.61 Å². The predicted octanol–water partition coefficient (Wildman–Crippen LogP) is 3.39. The Morgan fingerprint density at radius 3 is 2.81 bits per heavy atom. The van der Waals surface area contributed by atoms with Crippen molar-refractivity contribution in [3.8, 4) is 0 Å². The molecule has 1 heterocycles. The molecule has 1 aromatic rings. The molecule has 1 saturated heterocycles. The summed E-state index contributed by atoms with van der Waals surface area (Å²) in [4.78, 5) is 11.6. The molecule has 0 amide bonds. The van der Waals surface area contributed by atoms with E-state index in [-0.39, 0.29) is 5.97 Å². The quantitative estimate of drug-likeness (QED) is 0.776. The first-order valence-electron chi connectivity index (χ1n) is 5.30. The minimum absolute atomic E-state index is 0.260. The number of esters is 1. The molecule has 4 heteroatoms. The van der Waals surface area contributed by atoms with E-state index in [0.29, 0.717) is 22.4 Å². The molecule has 2 nitrogen and oxygen atoms in total. The van der Waals surface area contributed by atoms with Gasteiger partial charge in [0, 0.05) is 10.3 Å². The molecule has 0 saturated carbocycles. The van der Waals surface area contributed by atoms with Crippen LogP contribution in [0.3, 0.4) is 0 Å². The van der Waals surface area contributed by atoms with Gasteiger partial charge in [-0.1, -0.05) is 11.6 Å². The fraction of sp³-hybridized carbons (Fsp3) is 0.417.